The second-order valence-corrected chi connectivity index (χ2v) is 9.81. The van der Waals surface area contributed by atoms with E-state index in [2.05, 4.69) is 29.6 Å². The average Bonchev–Trinajstić information content (AvgIpc) is 2.98. The highest BCUT2D eigenvalue weighted by atomic mass is 32.2. The van der Waals surface area contributed by atoms with Gasteiger partial charge in [-0.25, -0.2) is 4.79 Å². The van der Waals surface area contributed by atoms with Crippen LogP contribution in [0.15, 0.2) is 48.5 Å². The van der Waals surface area contributed by atoms with Gasteiger partial charge in [0.15, 0.2) is 0 Å². The van der Waals surface area contributed by atoms with Crippen LogP contribution in [0.3, 0.4) is 0 Å². The summed E-state index contributed by atoms with van der Waals surface area (Å²) < 4.78 is 5.53. The van der Waals surface area contributed by atoms with E-state index in [1.807, 2.05) is 29.2 Å². The summed E-state index contributed by atoms with van der Waals surface area (Å²) in [4.78, 5) is 39.3. The SMILES string of the molecule is O=C(O)CN1CCCN(C(=O)CSCCNC(=O)OCC2c3ccccc3-c3ccccc32)CC1. The molecule has 1 aliphatic heterocycles. The zero-order valence-electron chi connectivity index (χ0n) is 19.7. The summed E-state index contributed by atoms with van der Waals surface area (Å²) in [6.45, 7) is 3.16. The number of nitrogens with one attached hydrogen (secondary N) is 1. The Bertz CT molecular complexity index is 1020. The summed E-state index contributed by atoms with van der Waals surface area (Å²) in [6, 6.07) is 16.4. The van der Waals surface area contributed by atoms with E-state index in [1.165, 1.54) is 34.0 Å². The molecule has 0 unspecified atom stereocenters. The Morgan fingerprint density at radius 2 is 1.66 bits per heavy atom. The van der Waals surface area contributed by atoms with Crippen LogP contribution in [0.1, 0.15) is 23.5 Å². The number of carboxylic acids is 1. The van der Waals surface area contributed by atoms with Crippen molar-refractivity contribution in [3.05, 3.63) is 59.7 Å². The van der Waals surface area contributed by atoms with Gasteiger partial charge in [0.1, 0.15) is 6.61 Å². The number of amides is 2. The number of carboxylic acid groups (broad SMARTS) is 1. The number of hydrogen-bond acceptors (Lipinski definition) is 6. The second kappa shape index (κ2) is 12.1. The Morgan fingerprint density at radius 3 is 2.34 bits per heavy atom. The summed E-state index contributed by atoms with van der Waals surface area (Å²) in [7, 11) is 0. The van der Waals surface area contributed by atoms with E-state index < -0.39 is 12.1 Å². The van der Waals surface area contributed by atoms with Crippen molar-refractivity contribution in [2.75, 3.05) is 57.4 Å². The number of fused-ring (bicyclic) bond motifs is 3. The van der Waals surface area contributed by atoms with E-state index in [0.29, 0.717) is 44.2 Å². The third kappa shape index (κ3) is 6.55. The van der Waals surface area contributed by atoms with E-state index in [9.17, 15) is 14.4 Å². The van der Waals surface area contributed by atoms with Crippen molar-refractivity contribution < 1.29 is 24.2 Å². The summed E-state index contributed by atoms with van der Waals surface area (Å²) >= 11 is 1.47. The Morgan fingerprint density at radius 1 is 0.971 bits per heavy atom. The highest BCUT2D eigenvalue weighted by Gasteiger charge is 2.29. The smallest absolute Gasteiger partial charge is 0.407 e. The van der Waals surface area contributed by atoms with Crippen LogP contribution in [0.25, 0.3) is 11.1 Å². The van der Waals surface area contributed by atoms with Crippen LogP contribution in [-0.2, 0) is 14.3 Å². The van der Waals surface area contributed by atoms with Crippen molar-refractivity contribution in [2.24, 2.45) is 0 Å². The molecule has 0 atom stereocenters. The third-order valence-electron chi connectivity index (χ3n) is 6.39. The first kappa shape index (κ1) is 25.1. The number of nitrogens with zero attached hydrogens (tertiary/aromatic N) is 2. The number of ether oxygens (including phenoxy) is 1. The van der Waals surface area contributed by atoms with Gasteiger partial charge in [0, 0.05) is 44.4 Å². The van der Waals surface area contributed by atoms with Gasteiger partial charge in [-0.2, -0.15) is 11.8 Å². The van der Waals surface area contributed by atoms with Crippen LogP contribution < -0.4 is 5.32 Å². The molecule has 2 aromatic rings. The summed E-state index contributed by atoms with van der Waals surface area (Å²) in [5, 5.41) is 11.7. The fourth-order valence-corrected chi connectivity index (χ4v) is 5.44. The quantitative estimate of drug-likeness (QED) is 0.514. The normalized spacial score (nSPS) is 15.7. The van der Waals surface area contributed by atoms with Crippen LogP contribution in [0.5, 0.6) is 0 Å². The molecule has 186 valence electrons. The molecule has 8 nitrogen and oxygen atoms in total. The van der Waals surface area contributed by atoms with Crippen molar-refractivity contribution in [3.8, 4) is 11.1 Å². The molecule has 0 radical (unpaired) electrons. The Kier molecular flexibility index (Phi) is 8.65. The maximum Gasteiger partial charge on any atom is 0.407 e. The lowest BCUT2D eigenvalue weighted by Gasteiger charge is -2.21. The molecular formula is C26H31N3O5S. The first-order valence-corrected chi connectivity index (χ1v) is 13.1. The molecule has 2 aliphatic rings. The average molecular weight is 498 g/mol. The molecule has 1 heterocycles. The molecule has 0 aromatic heterocycles. The zero-order chi connectivity index (χ0) is 24.6. The highest BCUT2D eigenvalue weighted by molar-refractivity contribution is 7.99. The van der Waals surface area contributed by atoms with Gasteiger partial charge in [0.05, 0.1) is 12.3 Å². The molecule has 4 rings (SSSR count). The first-order chi connectivity index (χ1) is 17.0. The van der Waals surface area contributed by atoms with Gasteiger partial charge in [0.2, 0.25) is 5.91 Å². The predicted molar refractivity (Wildman–Crippen MR) is 136 cm³/mol. The number of thioether (sulfide) groups is 1. The van der Waals surface area contributed by atoms with Crippen LogP contribution >= 0.6 is 11.8 Å². The lowest BCUT2D eigenvalue weighted by molar-refractivity contribution is -0.138. The van der Waals surface area contributed by atoms with Gasteiger partial charge in [-0.05, 0) is 28.7 Å². The molecule has 1 saturated heterocycles. The zero-order valence-corrected chi connectivity index (χ0v) is 20.5. The lowest BCUT2D eigenvalue weighted by atomic mass is 9.98. The number of alkyl carbamates (subject to hydrolysis) is 1. The number of aliphatic carboxylic acids is 1. The van der Waals surface area contributed by atoms with Gasteiger partial charge in [-0.15, -0.1) is 0 Å². The largest absolute Gasteiger partial charge is 0.480 e. The minimum Gasteiger partial charge on any atom is -0.480 e. The molecule has 2 aromatic carbocycles. The fraction of sp³-hybridized carbons (Fsp3) is 0.423. The molecule has 35 heavy (non-hydrogen) atoms. The van der Waals surface area contributed by atoms with Crippen molar-refractivity contribution in [2.45, 2.75) is 12.3 Å². The molecule has 0 saturated carbocycles. The topological polar surface area (TPSA) is 99.2 Å². The monoisotopic (exact) mass is 497 g/mol. The predicted octanol–water partition coefficient (Wildman–Crippen LogP) is 2.88. The van der Waals surface area contributed by atoms with Gasteiger partial charge in [0.25, 0.3) is 0 Å². The Hall–Kier alpha value is -3.04. The number of rotatable bonds is 9. The van der Waals surface area contributed by atoms with Gasteiger partial charge in [-0.1, -0.05) is 48.5 Å². The number of carbonyl (C=O) groups is 3. The van der Waals surface area contributed by atoms with E-state index in [0.717, 1.165) is 6.42 Å². The van der Waals surface area contributed by atoms with E-state index >= 15 is 0 Å². The van der Waals surface area contributed by atoms with E-state index in [4.69, 9.17) is 9.84 Å². The van der Waals surface area contributed by atoms with Gasteiger partial charge >= 0.3 is 12.1 Å². The number of carbonyl (C=O) groups excluding carboxylic acids is 2. The molecular weight excluding hydrogens is 466 g/mol. The number of hydrogen-bond donors (Lipinski definition) is 2. The molecule has 9 heteroatoms. The van der Waals surface area contributed by atoms with E-state index in [-0.39, 0.29) is 25.0 Å². The Balaban J connectivity index is 1.14. The standard InChI is InChI=1S/C26H31N3O5S/c30-24(29-12-5-11-28(13-14-29)16-25(31)32)18-35-15-10-27-26(33)34-17-23-21-8-3-1-6-19(21)20-7-2-4-9-22(20)23/h1-4,6-9,23H,5,10-18H2,(H,27,33)(H,31,32). The molecule has 0 spiro atoms. The van der Waals surface area contributed by atoms with Crippen molar-refractivity contribution in [3.63, 3.8) is 0 Å². The number of benzene rings is 2. The van der Waals surface area contributed by atoms with E-state index in [1.54, 1.807) is 4.90 Å². The molecule has 1 fully saturated rings. The van der Waals surface area contributed by atoms with Crippen molar-refractivity contribution in [1.29, 1.82) is 0 Å². The fourth-order valence-electron chi connectivity index (χ4n) is 4.70. The minimum atomic E-state index is -0.843. The van der Waals surface area contributed by atoms with Crippen molar-refractivity contribution in [1.82, 2.24) is 15.1 Å². The van der Waals surface area contributed by atoms with Crippen LogP contribution in [-0.4, -0.2) is 90.3 Å². The van der Waals surface area contributed by atoms with Crippen LogP contribution in [0, 0.1) is 0 Å². The highest BCUT2D eigenvalue weighted by Crippen LogP contribution is 2.44. The summed E-state index contributed by atoms with van der Waals surface area (Å²) in [5.41, 5.74) is 4.74. The maximum absolute atomic E-state index is 12.5. The first-order valence-electron chi connectivity index (χ1n) is 11.9. The molecule has 1 aliphatic carbocycles. The third-order valence-corrected chi connectivity index (χ3v) is 7.33. The van der Waals surface area contributed by atoms with Crippen LogP contribution in [0.2, 0.25) is 0 Å². The lowest BCUT2D eigenvalue weighted by Crippen LogP contribution is -2.37. The summed E-state index contributed by atoms with van der Waals surface area (Å²) in [5.74, 6) is 0.179. The summed E-state index contributed by atoms with van der Waals surface area (Å²) in [6.07, 6.45) is 0.317. The Labute approximate surface area is 209 Å². The van der Waals surface area contributed by atoms with Crippen LogP contribution in [0.4, 0.5) is 4.79 Å². The molecule has 2 amide bonds. The molecule has 2 N–H and O–H groups in total. The molecule has 0 bridgehead atoms. The van der Waals surface area contributed by atoms with Crippen molar-refractivity contribution >= 4 is 29.7 Å². The minimum absolute atomic E-state index is 0.0122. The second-order valence-electron chi connectivity index (χ2n) is 8.71. The maximum atomic E-state index is 12.5. The van der Waals surface area contributed by atoms with Gasteiger partial charge in [-0.3, -0.25) is 14.5 Å². The van der Waals surface area contributed by atoms with Gasteiger partial charge < -0.3 is 20.1 Å².